The Labute approximate surface area is 162 Å². The number of imide groups is 1. The molecule has 1 aromatic carbocycles. The van der Waals surface area contributed by atoms with Gasteiger partial charge in [0.1, 0.15) is 11.9 Å². The van der Waals surface area contributed by atoms with Gasteiger partial charge in [0.25, 0.3) is 5.91 Å². The van der Waals surface area contributed by atoms with Gasteiger partial charge in [-0.2, -0.15) is 0 Å². The summed E-state index contributed by atoms with van der Waals surface area (Å²) in [5.41, 5.74) is -0.367. The summed E-state index contributed by atoms with van der Waals surface area (Å²) in [5, 5.41) is 16.1. The zero-order chi connectivity index (χ0) is 19.9. The standard InChI is InChI=1S/C20H24FN3O4/c21-14-5-3-13(4-6-14)20(28)9-1-2-12-10-24(11-15(12)20)17(25)8-7-16-18(26)23-19(27)22-16/h3-6,12,15-16,28H,1-2,7-11H2,(H2,22,23,26,27). The van der Waals surface area contributed by atoms with Gasteiger partial charge in [-0.3, -0.25) is 14.9 Å². The van der Waals surface area contributed by atoms with Crippen molar-refractivity contribution in [1.82, 2.24) is 15.5 Å². The molecule has 1 aliphatic carbocycles. The van der Waals surface area contributed by atoms with Crippen molar-refractivity contribution < 1.29 is 23.9 Å². The van der Waals surface area contributed by atoms with Crippen LogP contribution in [0.2, 0.25) is 0 Å². The molecule has 0 spiro atoms. The molecule has 3 fully saturated rings. The number of rotatable bonds is 4. The van der Waals surface area contributed by atoms with Crippen LogP contribution < -0.4 is 10.6 Å². The Morgan fingerprint density at radius 3 is 2.68 bits per heavy atom. The Morgan fingerprint density at radius 2 is 2.00 bits per heavy atom. The molecule has 1 saturated carbocycles. The lowest BCUT2D eigenvalue weighted by Gasteiger charge is -2.41. The lowest BCUT2D eigenvalue weighted by atomic mass is 9.67. The highest BCUT2D eigenvalue weighted by Gasteiger charge is 2.50. The number of carbonyl (C=O) groups is 3. The molecule has 4 unspecified atom stereocenters. The van der Waals surface area contributed by atoms with E-state index in [1.807, 2.05) is 0 Å². The van der Waals surface area contributed by atoms with Crippen LogP contribution in [0.4, 0.5) is 9.18 Å². The fourth-order valence-corrected chi connectivity index (χ4v) is 4.91. The molecular formula is C20H24FN3O4. The summed E-state index contributed by atoms with van der Waals surface area (Å²) in [6.07, 6.45) is 2.80. The molecule has 0 aromatic heterocycles. The largest absolute Gasteiger partial charge is 0.385 e. The number of halogens is 1. The molecule has 1 aromatic rings. The highest BCUT2D eigenvalue weighted by atomic mass is 19.1. The number of nitrogens with one attached hydrogen (secondary N) is 2. The van der Waals surface area contributed by atoms with Crippen LogP contribution >= 0.6 is 0 Å². The number of nitrogens with zero attached hydrogens (tertiary/aromatic N) is 1. The Bertz CT molecular complexity index is 799. The molecule has 0 radical (unpaired) electrons. The highest BCUT2D eigenvalue weighted by molar-refractivity contribution is 6.04. The van der Waals surface area contributed by atoms with Gasteiger partial charge in [0.15, 0.2) is 0 Å². The van der Waals surface area contributed by atoms with Gasteiger partial charge in [-0.15, -0.1) is 0 Å². The zero-order valence-corrected chi connectivity index (χ0v) is 15.5. The maximum Gasteiger partial charge on any atom is 0.322 e. The Hall–Kier alpha value is -2.48. The number of hydrogen-bond acceptors (Lipinski definition) is 4. The minimum absolute atomic E-state index is 0.0789. The van der Waals surface area contributed by atoms with Crippen LogP contribution in [-0.2, 0) is 15.2 Å². The third kappa shape index (κ3) is 3.37. The lowest BCUT2D eigenvalue weighted by Crippen LogP contribution is -2.43. The molecule has 28 heavy (non-hydrogen) atoms. The van der Waals surface area contributed by atoms with E-state index in [0.29, 0.717) is 25.1 Å². The summed E-state index contributed by atoms with van der Waals surface area (Å²) < 4.78 is 13.3. The van der Waals surface area contributed by atoms with E-state index in [2.05, 4.69) is 10.6 Å². The molecule has 150 valence electrons. The predicted octanol–water partition coefficient (Wildman–Crippen LogP) is 1.26. The first-order valence-electron chi connectivity index (χ1n) is 9.74. The van der Waals surface area contributed by atoms with Crippen molar-refractivity contribution in [3.05, 3.63) is 35.6 Å². The predicted molar refractivity (Wildman–Crippen MR) is 97.4 cm³/mol. The second kappa shape index (κ2) is 7.16. The molecule has 4 atom stereocenters. The summed E-state index contributed by atoms with van der Waals surface area (Å²) in [6.45, 7) is 1.02. The monoisotopic (exact) mass is 389 g/mol. The van der Waals surface area contributed by atoms with Crippen LogP contribution in [-0.4, -0.2) is 47.0 Å². The molecule has 2 heterocycles. The molecule has 2 saturated heterocycles. The Balaban J connectivity index is 1.42. The van der Waals surface area contributed by atoms with E-state index < -0.39 is 23.6 Å². The fraction of sp³-hybridized carbons (Fsp3) is 0.550. The molecule has 3 N–H and O–H groups in total. The zero-order valence-electron chi connectivity index (χ0n) is 15.5. The molecule has 8 heteroatoms. The second-order valence-corrected chi connectivity index (χ2v) is 8.04. The van der Waals surface area contributed by atoms with Gasteiger partial charge < -0.3 is 15.3 Å². The first kappa shape index (κ1) is 18.9. The maximum absolute atomic E-state index is 13.3. The Kier molecular flexibility index (Phi) is 4.82. The van der Waals surface area contributed by atoms with E-state index in [1.54, 1.807) is 17.0 Å². The summed E-state index contributed by atoms with van der Waals surface area (Å²) in [7, 11) is 0. The smallest absolute Gasteiger partial charge is 0.322 e. The maximum atomic E-state index is 13.3. The third-order valence-corrected chi connectivity index (χ3v) is 6.39. The van der Waals surface area contributed by atoms with E-state index in [4.69, 9.17) is 0 Å². The molecule has 2 aliphatic heterocycles. The van der Waals surface area contributed by atoms with Crippen molar-refractivity contribution in [1.29, 1.82) is 0 Å². The molecule has 3 aliphatic rings. The fourth-order valence-electron chi connectivity index (χ4n) is 4.91. The summed E-state index contributed by atoms with van der Waals surface area (Å²) >= 11 is 0. The van der Waals surface area contributed by atoms with Crippen LogP contribution in [0.3, 0.4) is 0 Å². The summed E-state index contributed by atoms with van der Waals surface area (Å²) in [6, 6.07) is 4.77. The van der Waals surface area contributed by atoms with Crippen molar-refractivity contribution >= 4 is 17.8 Å². The minimum Gasteiger partial charge on any atom is -0.385 e. The van der Waals surface area contributed by atoms with E-state index in [9.17, 15) is 23.9 Å². The average molecular weight is 389 g/mol. The third-order valence-electron chi connectivity index (χ3n) is 6.39. The van der Waals surface area contributed by atoms with E-state index in [-0.39, 0.29) is 36.4 Å². The van der Waals surface area contributed by atoms with E-state index in [0.717, 1.165) is 12.8 Å². The molecule has 7 nitrogen and oxygen atoms in total. The Morgan fingerprint density at radius 1 is 1.25 bits per heavy atom. The van der Waals surface area contributed by atoms with Crippen molar-refractivity contribution in [3.8, 4) is 0 Å². The molecule has 0 bridgehead atoms. The van der Waals surface area contributed by atoms with Crippen LogP contribution in [0.1, 0.15) is 37.7 Å². The van der Waals surface area contributed by atoms with Crippen LogP contribution in [0, 0.1) is 17.7 Å². The number of likely N-dealkylation sites (tertiary alicyclic amines) is 1. The minimum atomic E-state index is -1.06. The second-order valence-electron chi connectivity index (χ2n) is 8.04. The lowest BCUT2D eigenvalue weighted by molar-refractivity contribution is -0.131. The van der Waals surface area contributed by atoms with Gasteiger partial charge >= 0.3 is 6.03 Å². The number of carbonyl (C=O) groups excluding carboxylic acids is 3. The quantitative estimate of drug-likeness (QED) is 0.675. The van der Waals surface area contributed by atoms with Crippen molar-refractivity contribution in [2.45, 2.75) is 43.7 Å². The normalized spacial score (nSPS) is 32.1. The van der Waals surface area contributed by atoms with Crippen LogP contribution in [0.25, 0.3) is 0 Å². The molecule has 4 amide bonds. The number of benzene rings is 1. The SMILES string of the molecule is O=C1NC(=O)C(CCC(=O)N2CC3CCCC(O)(c4ccc(F)cc4)C3C2)N1. The van der Waals surface area contributed by atoms with Gasteiger partial charge in [0.2, 0.25) is 5.91 Å². The summed E-state index contributed by atoms with van der Waals surface area (Å²) in [5.74, 6) is -0.721. The first-order chi connectivity index (χ1) is 13.4. The summed E-state index contributed by atoms with van der Waals surface area (Å²) in [4.78, 5) is 37.2. The van der Waals surface area contributed by atoms with Gasteiger partial charge in [-0.05, 0) is 49.3 Å². The van der Waals surface area contributed by atoms with Crippen molar-refractivity contribution in [2.75, 3.05) is 13.1 Å². The average Bonchev–Trinajstić information content (AvgIpc) is 3.24. The number of amides is 4. The van der Waals surface area contributed by atoms with Gasteiger partial charge in [0, 0.05) is 25.4 Å². The van der Waals surface area contributed by atoms with Gasteiger partial charge in [0.05, 0.1) is 5.60 Å². The first-order valence-corrected chi connectivity index (χ1v) is 9.74. The van der Waals surface area contributed by atoms with Gasteiger partial charge in [-0.25, -0.2) is 9.18 Å². The van der Waals surface area contributed by atoms with Gasteiger partial charge in [-0.1, -0.05) is 12.1 Å². The molecule has 4 rings (SSSR count). The number of aliphatic hydroxyl groups is 1. The number of fused-ring (bicyclic) bond motifs is 1. The highest BCUT2D eigenvalue weighted by Crippen LogP contribution is 2.48. The molecular weight excluding hydrogens is 365 g/mol. The van der Waals surface area contributed by atoms with E-state index >= 15 is 0 Å². The van der Waals surface area contributed by atoms with Crippen LogP contribution in [0.5, 0.6) is 0 Å². The topological polar surface area (TPSA) is 98.7 Å². The van der Waals surface area contributed by atoms with Crippen molar-refractivity contribution in [2.24, 2.45) is 11.8 Å². The van der Waals surface area contributed by atoms with Crippen LogP contribution in [0.15, 0.2) is 24.3 Å². The number of urea groups is 1. The van der Waals surface area contributed by atoms with Crippen molar-refractivity contribution in [3.63, 3.8) is 0 Å². The van der Waals surface area contributed by atoms with E-state index in [1.165, 1.54) is 12.1 Å². The number of hydrogen-bond donors (Lipinski definition) is 3.